The molecule has 0 radical (unpaired) electrons. The fraction of sp³-hybridized carbons (Fsp3) is 0.500. The molecule has 0 unspecified atom stereocenters. The van der Waals surface area contributed by atoms with E-state index in [0.717, 1.165) is 24.8 Å². The number of nitrogens with zero attached hydrogens (tertiary/aromatic N) is 1. The lowest BCUT2D eigenvalue weighted by Gasteiger charge is -2.38. The molecule has 0 N–H and O–H groups in total. The lowest BCUT2D eigenvalue weighted by Crippen LogP contribution is -2.47. The maximum absolute atomic E-state index is 12.0. The first-order valence-electron chi connectivity index (χ1n) is 5.24. The zero-order valence-electron chi connectivity index (χ0n) is 8.90. The SMILES string of the molecule is COC1(C(=O)Cc2cccnc2)CCC1. The molecule has 0 bridgehead atoms. The Morgan fingerprint density at radius 2 is 2.40 bits per heavy atom. The minimum Gasteiger partial charge on any atom is -0.370 e. The van der Waals surface area contributed by atoms with Crippen molar-refractivity contribution in [2.75, 3.05) is 7.11 Å². The van der Waals surface area contributed by atoms with E-state index >= 15 is 0 Å². The molecule has 0 aromatic carbocycles. The second kappa shape index (κ2) is 4.11. The van der Waals surface area contributed by atoms with Gasteiger partial charge in [-0.05, 0) is 30.9 Å². The van der Waals surface area contributed by atoms with Crippen LogP contribution < -0.4 is 0 Å². The molecule has 3 nitrogen and oxygen atoms in total. The standard InChI is InChI=1S/C12H15NO2/c1-15-12(5-3-6-12)11(14)8-10-4-2-7-13-9-10/h2,4,7,9H,3,5-6,8H2,1H3. The summed E-state index contributed by atoms with van der Waals surface area (Å²) in [5.41, 5.74) is 0.473. The minimum atomic E-state index is -0.490. The lowest BCUT2D eigenvalue weighted by molar-refractivity contribution is -0.151. The largest absolute Gasteiger partial charge is 0.370 e. The van der Waals surface area contributed by atoms with Gasteiger partial charge in [-0.25, -0.2) is 0 Å². The minimum absolute atomic E-state index is 0.184. The van der Waals surface area contributed by atoms with Crippen LogP contribution in [-0.2, 0) is 16.0 Å². The zero-order chi connectivity index (χ0) is 10.7. The molecule has 0 saturated heterocycles. The fourth-order valence-corrected chi connectivity index (χ4v) is 1.94. The Labute approximate surface area is 89.5 Å². The van der Waals surface area contributed by atoms with Crippen molar-refractivity contribution >= 4 is 5.78 Å². The van der Waals surface area contributed by atoms with Gasteiger partial charge in [0, 0.05) is 25.9 Å². The molecule has 1 aromatic heterocycles. The summed E-state index contributed by atoms with van der Waals surface area (Å²) in [7, 11) is 1.63. The molecule has 0 spiro atoms. The van der Waals surface area contributed by atoms with Crippen molar-refractivity contribution in [3.05, 3.63) is 30.1 Å². The third-order valence-electron chi connectivity index (χ3n) is 3.15. The molecule has 1 aromatic rings. The first-order chi connectivity index (χ1) is 7.27. The fourth-order valence-electron chi connectivity index (χ4n) is 1.94. The van der Waals surface area contributed by atoms with Gasteiger partial charge in [0.2, 0.25) is 0 Å². The number of rotatable bonds is 4. The van der Waals surface area contributed by atoms with Crippen LogP contribution in [0.4, 0.5) is 0 Å². The first kappa shape index (κ1) is 10.3. The molecule has 0 amide bonds. The van der Waals surface area contributed by atoms with E-state index in [-0.39, 0.29) is 5.78 Å². The molecule has 15 heavy (non-hydrogen) atoms. The number of carbonyl (C=O) groups is 1. The Balaban J connectivity index is 2.04. The molecule has 2 rings (SSSR count). The van der Waals surface area contributed by atoms with E-state index in [1.807, 2.05) is 12.1 Å². The molecule has 1 fully saturated rings. The number of methoxy groups -OCH3 is 1. The third-order valence-corrected chi connectivity index (χ3v) is 3.15. The van der Waals surface area contributed by atoms with Crippen molar-refractivity contribution in [3.8, 4) is 0 Å². The number of ether oxygens (including phenoxy) is 1. The van der Waals surface area contributed by atoms with Gasteiger partial charge in [-0.1, -0.05) is 6.07 Å². The van der Waals surface area contributed by atoms with Gasteiger partial charge >= 0.3 is 0 Å². The maximum atomic E-state index is 12.0. The molecular formula is C12H15NO2. The van der Waals surface area contributed by atoms with E-state index in [4.69, 9.17) is 4.74 Å². The van der Waals surface area contributed by atoms with Crippen molar-refractivity contribution in [3.63, 3.8) is 0 Å². The summed E-state index contributed by atoms with van der Waals surface area (Å²) in [6.45, 7) is 0. The summed E-state index contributed by atoms with van der Waals surface area (Å²) in [6, 6.07) is 3.77. The van der Waals surface area contributed by atoms with Crippen molar-refractivity contribution in [2.45, 2.75) is 31.3 Å². The predicted octanol–water partition coefficient (Wildman–Crippen LogP) is 1.76. The highest BCUT2D eigenvalue weighted by molar-refractivity contribution is 5.90. The molecule has 1 heterocycles. The van der Waals surface area contributed by atoms with Gasteiger partial charge in [0.05, 0.1) is 0 Å². The highest BCUT2D eigenvalue weighted by Crippen LogP contribution is 2.36. The number of hydrogen-bond acceptors (Lipinski definition) is 3. The maximum Gasteiger partial charge on any atom is 0.169 e. The number of hydrogen-bond donors (Lipinski definition) is 0. The molecule has 0 aliphatic heterocycles. The summed E-state index contributed by atoms with van der Waals surface area (Å²) >= 11 is 0. The number of carbonyl (C=O) groups excluding carboxylic acids is 1. The van der Waals surface area contributed by atoms with Crippen LogP contribution in [0, 0.1) is 0 Å². The Morgan fingerprint density at radius 3 is 2.87 bits per heavy atom. The van der Waals surface area contributed by atoms with E-state index in [2.05, 4.69) is 4.98 Å². The monoisotopic (exact) mass is 205 g/mol. The Kier molecular flexibility index (Phi) is 2.82. The second-order valence-corrected chi connectivity index (χ2v) is 4.01. The van der Waals surface area contributed by atoms with Crippen LogP contribution in [0.1, 0.15) is 24.8 Å². The summed E-state index contributed by atoms with van der Waals surface area (Å²) in [6.07, 6.45) is 6.70. The van der Waals surface area contributed by atoms with Crippen molar-refractivity contribution < 1.29 is 9.53 Å². The quantitative estimate of drug-likeness (QED) is 0.752. The van der Waals surface area contributed by atoms with Crippen LogP contribution in [-0.4, -0.2) is 23.5 Å². The number of pyridine rings is 1. The Bertz CT molecular complexity index is 338. The summed E-state index contributed by atoms with van der Waals surface area (Å²) in [4.78, 5) is 16.0. The summed E-state index contributed by atoms with van der Waals surface area (Å²) < 4.78 is 5.34. The van der Waals surface area contributed by atoms with Crippen LogP contribution in [0.15, 0.2) is 24.5 Å². The number of aromatic nitrogens is 1. The molecule has 0 atom stereocenters. The van der Waals surface area contributed by atoms with Gasteiger partial charge in [0.15, 0.2) is 5.78 Å². The molecule has 1 aliphatic carbocycles. The van der Waals surface area contributed by atoms with Crippen LogP contribution >= 0.6 is 0 Å². The van der Waals surface area contributed by atoms with Crippen molar-refractivity contribution in [2.24, 2.45) is 0 Å². The second-order valence-electron chi connectivity index (χ2n) is 4.01. The smallest absolute Gasteiger partial charge is 0.169 e. The number of Topliss-reactive ketones (excluding diaryl/α,β-unsaturated/α-hetero) is 1. The van der Waals surface area contributed by atoms with Crippen molar-refractivity contribution in [1.82, 2.24) is 4.98 Å². The van der Waals surface area contributed by atoms with E-state index < -0.39 is 5.60 Å². The average molecular weight is 205 g/mol. The summed E-state index contributed by atoms with van der Waals surface area (Å²) in [5, 5.41) is 0. The van der Waals surface area contributed by atoms with E-state index in [1.165, 1.54) is 0 Å². The Hall–Kier alpha value is -1.22. The average Bonchev–Trinajstić information content (AvgIpc) is 2.18. The lowest BCUT2D eigenvalue weighted by atomic mass is 9.75. The van der Waals surface area contributed by atoms with E-state index in [0.29, 0.717) is 6.42 Å². The topological polar surface area (TPSA) is 39.2 Å². The number of ketones is 1. The zero-order valence-corrected chi connectivity index (χ0v) is 8.90. The van der Waals surface area contributed by atoms with Gasteiger partial charge < -0.3 is 4.74 Å². The highest BCUT2D eigenvalue weighted by Gasteiger charge is 2.43. The predicted molar refractivity (Wildman–Crippen MR) is 56.5 cm³/mol. The molecular weight excluding hydrogens is 190 g/mol. The molecule has 1 aliphatic rings. The van der Waals surface area contributed by atoms with Crippen LogP contribution in [0.3, 0.4) is 0 Å². The van der Waals surface area contributed by atoms with Gasteiger partial charge in [-0.15, -0.1) is 0 Å². The molecule has 80 valence electrons. The molecule has 3 heteroatoms. The van der Waals surface area contributed by atoms with E-state index in [9.17, 15) is 4.79 Å². The Morgan fingerprint density at radius 1 is 1.60 bits per heavy atom. The van der Waals surface area contributed by atoms with Crippen LogP contribution in [0.5, 0.6) is 0 Å². The first-order valence-corrected chi connectivity index (χ1v) is 5.24. The normalized spacial score (nSPS) is 18.2. The van der Waals surface area contributed by atoms with Crippen LogP contribution in [0.2, 0.25) is 0 Å². The summed E-state index contributed by atoms with van der Waals surface area (Å²) in [5.74, 6) is 0.184. The van der Waals surface area contributed by atoms with Gasteiger partial charge in [0.1, 0.15) is 5.60 Å². The van der Waals surface area contributed by atoms with Crippen LogP contribution in [0.25, 0.3) is 0 Å². The van der Waals surface area contributed by atoms with Gasteiger partial charge in [-0.2, -0.15) is 0 Å². The van der Waals surface area contributed by atoms with Gasteiger partial charge in [-0.3, -0.25) is 9.78 Å². The third kappa shape index (κ3) is 1.92. The van der Waals surface area contributed by atoms with Crippen molar-refractivity contribution in [1.29, 1.82) is 0 Å². The molecule has 1 saturated carbocycles. The highest BCUT2D eigenvalue weighted by atomic mass is 16.5. The van der Waals surface area contributed by atoms with E-state index in [1.54, 1.807) is 19.5 Å². The van der Waals surface area contributed by atoms with Gasteiger partial charge in [0.25, 0.3) is 0 Å².